The van der Waals surface area contributed by atoms with Crippen LogP contribution >= 0.6 is 0 Å². The zero-order chi connectivity index (χ0) is 22.9. The summed E-state index contributed by atoms with van der Waals surface area (Å²) >= 11 is 0. The molecule has 0 unspecified atom stereocenters. The van der Waals surface area contributed by atoms with Crippen LogP contribution in [0, 0.1) is 11.6 Å². The van der Waals surface area contributed by atoms with E-state index in [-0.39, 0.29) is 5.56 Å². The Morgan fingerprint density at radius 2 is 1.76 bits per heavy atom. The number of hydrogen-bond donors (Lipinski definition) is 1. The molecule has 2 aromatic heterocycles. The number of nitrogens with zero attached hydrogens (tertiary/aromatic N) is 4. The van der Waals surface area contributed by atoms with E-state index in [4.69, 9.17) is 4.74 Å². The third-order valence-electron chi connectivity index (χ3n) is 4.92. The minimum absolute atomic E-state index is 0.122. The van der Waals surface area contributed by atoms with Crippen LogP contribution in [-0.2, 0) is 0 Å². The van der Waals surface area contributed by atoms with Gasteiger partial charge in [-0.2, -0.15) is 0 Å². The maximum atomic E-state index is 13.5. The summed E-state index contributed by atoms with van der Waals surface area (Å²) in [6.45, 7) is 0. The molecule has 0 amide bonds. The molecular formula is C24H14F2N4O3. The standard InChI is InChI=1S/C24H14F2N4O3/c25-18-9-7-15(12-19(18)26)30-13-22(28-29-30)21-10-8-17-20(27-21)5-2-6-23(17)33-16-4-1-3-14(11-16)24(31)32/h1-13H,(H,31,32). The molecule has 5 rings (SSSR count). The first-order chi connectivity index (χ1) is 16.0. The Hall–Kier alpha value is -4.66. The fraction of sp³-hybridized carbons (Fsp3) is 0. The maximum Gasteiger partial charge on any atom is 0.335 e. The monoisotopic (exact) mass is 444 g/mol. The summed E-state index contributed by atoms with van der Waals surface area (Å²) in [5.41, 5.74) is 2.05. The van der Waals surface area contributed by atoms with Crippen molar-refractivity contribution in [2.75, 3.05) is 0 Å². The van der Waals surface area contributed by atoms with E-state index in [2.05, 4.69) is 15.3 Å². The Balaban J connectivity index is 1.46. The lowest BCUT2D eigenvalue weighted by molar-refractivity contribution is 0.0696. The van der Waals surface area contributed by atoms with Gasteiger partial charge in [-0.05, 0) is 54.6 Å². The number of ether oxygens (including phenoxy) is 1. The van der Waals surface area contributed by atoms with Crippen molar-refractivity contribution in [3.8, 4) is 28.6 Å². The Bertz CT molecular complexity index is 1520. The normalized spacial score (nSPS) is 11.0. The molecule has 5 aromatic rings. The SMILES string of the molecule is O=C(O)c1cccc(Oc2cccc3nc(-c4cn(-c5ccc(F)c(F)c5)nn4)ccc23)c1. The fourth-order valence-electron chi connectivity index (χ4n) is 3.31. The summed E-state index contributed by atoms with van der Waals surface area (Å²) in [5, 5.41) is 18.0. The lowest BCUT2D eigenvalue weighted by Crippen LogP contribution is -1.96. The lowest BCUT2D eigenvalue weighted by Gasteiger charge is -2.10. The number of benzene rings is 3. The third kappa shape index (κ3) is 3.99. The van der Waals surface area contributed by atoms with Crippen LogP contribution in [0.25, 0.3) is 28.0 Å². The number of pyridine rings is 1. The van der Waals surface area contributed by atoms with Gasteiger partial charge < -0.3 is 9.84 Å². The molecule has 0 aliphatic carbocycles. The van der Waals surface area contributed by atoms with Gasteiger partial charge in [0.15, 0.2) is 11.6 Å². The number of carboxylic acid groups (broad SMARTS) is 1. The van der Waals surface area contributed by atoms with Crippen molar-refractivity contribution >= 4 is 16.9 Å². The molecule has 0 atom stereocenters. The van der Waals surface area contributed by atoms with E-state index in [0.29, 0.717) is 34.1 Å². The van der Waals surface area contributed by atoms with Crippen molar-refractivity contribution in [1.82, 2.24) is 20.0 Å². The van der Waals surface area contributed by atoms with Gasteiger partial charge >= 0.3 is 5.97 Å². The molecule has 0 saturated carbocycles. The van der Waals surface area contributed by atoms with Gasteiger partial charge in [0.1, 0.15) is 17.2 Å². The molecule has 7 nitrogen and oxygen atoms in total. The van der Waals surface area contributed by atoms with Crippen LogP contribution in [0.3, 0.4) is 0 Å². The summed E-state index contributed by atoms with van der Waals surface area (Å²) in [5.74, 6) is -2.06. The zero-order valence-electron chi connectivity index (χ0n) is 16.8. The quantitative estimate of drug-likeness (QED) is 0.398. The van der Waals surface area contributed by atoms with Crippen LogP contribution in [0.4, 0.5) is 8.78 Å². The first kappa shape index (κ1) is 20.3. The topological polar surface area (TPSA) is 90.1 Å². The van der Waals surface area contributed by atoms with Gasteiger partial charge in [-0.15, -0.1) is 5.10 Å². The van der Waals surface area contributed by atoms with Crippen molar-refractivity contribution in [3.63, 3.8) is 0 Å². The molecule has 0 radical (unpaired) electrons. The van der Waals surface area contributed by atoms with Gasteiger partial charge in [0, 0.05) is 11.5 Å². The van der Waals surface area contributed by atoms with E-state index >= 15 is 0 Å². The predicted molar refractivity (Wildman–Crippen MR) is 115 cm³/mol. The number of carboxylic acids is 1. The molecule has 0 saturated heterocycles. The van der Waals surface area contributed by atoms with E-state index in [1.807, 2.05) is 6.07 Å². The van der Waals surface area contributed by atoms with Crippen molar-refractivity contribution in [2.24, 2.45) is 0 Å². The highest BCUT2D eigenvalue weighted by atomic mass is 19.2. The highest BCUT2D eigenvalue weighted by Crippen LogP contribution is 2.31. The average molecular weight is 444 g/mol. The van der Waals surface area contributed by atoms with Crippen LogP contribution < -0.4 is 4.74 Å². The number of hydrogen-bond acceptors (Lipinski definition) is 5. The van der Waals surface area contributed by atoms with Crippen molar-refractivity contribution in [2.45, 2.75) is 0 Å². The Morgan fingerprint density at radius 3 is 2.58 bits per heavy atom. The number of aromatic carboxylic acids is 1. The van der Waals surface area contributed by atoms with Crippen LogP contribution in [0.5, 0.6) is 11.5 Å². The minimum Gasteiger partial charge on any atom is -0.478 e. The molecule has 3 aromatic carbocycles. The number of rotatable bonds is 5. The maximum absolute atomic E-state index is 13.5. The Kier molecular flexibility index (Phi) is 4.98. The van der Waals surface area contributed by atoms with Gasteiger partial charge in [0.25, 0.3) is 0 Å². The molecule has 0 spiro atoms. The van der Waals surface area contributed by atoms with Crippen LogP contribution in [0.2, 0.25) is 0 Å². The molecule has 162 valence electrons. The number of carbonyl (C=O) groups is 1. The minimum atomic E-state index is -1.04. The Morgan fingerprint density at radius 1 is 0.909 bits per heavy atom. The summed E-state index contributed by atoms with van der Waals surface area (Å²) < 4.78 is 34.0. The van der Waals surface area contributed by atoms with E-state index in [1.165, 1.54) is 22.9 Å². The average Bonchev–Trinajstić information content (AvgIpc) is 3.31. The molecule has 0 aliphatic heterocycles. The Labute approximate surface area is 185 Å². The molecule has 0 bridgehead atoms. The lowest BCUT2D eigenvalue weighted by atomic mass is 10.1. The highest BCUT2D eigenvalue weighted by molar-refractivity contribution is 5.89. The van der Waals surface area contributed by atoms with Gasteiger partial charge in [-0.3, -0.25) is 0 Å². The molecule has 9 heteroatoms. The second-order valence-corrected chi connectivity index (χ2v) is 7.10. The molecule has 1 N–H and O–H groups in total. The van der Waals surface area contributed by atoms with E-state index in [9.17, 15) is 18.7 Å². The number of aromatic nitrogens is 4. The van der Waals surface area contributed by atoms with Crippen molar-refractivity contribution in [1.29, 1.82) is 0 Å². The molecule has 0 aliphatic rings. The number of fused-ring (bicyclic) bond motifs is 1. The predicted octanol–water partition coefficient (Wildman–Crippen LogP) is 5.25. The van der Waals surface area contributed by atoms with Crippen LogP contribution in [-0.4, -0.2) is 31.1 Å². The first-order valence-corrected chi connectivity index (χ1v) is 9.77. The van der Waals surface area contributed by atoms with Gasteiger partial charge in [0.2, 0.25) is 0 Å². The van der Waals surface area contributed by atoms with Gasteiger partial charge in [-0.25, -0.2) is 23.2 Å². The van der Waals surface area contributed by atoms with Gasteiger partial charge in [0.05, 0.1) is 28.7 Å². The van der Waals surface area contributed by atoms with E-state index < -0.39 is 17.6 Å². The molecule has 0 fully saturated rings. The molecule has 33 heavy (non-hydrogen) atoms. The van der Waals surface area contributed by atoms with Crippen LogP contribution in [0.15, 0.2) is 79.0 Å². The van der Waals surface area contributed by atoms with Crippen molar-refractivity contribution in [3.05, 3.63) is 96.2 Å². The van der Waals surface area contributed by atoms with Crippen molar-refractivity contribution < 1.29 is 23.4 Å². The summed E-state index contributed by atoms with van der Waals surface area (Å²) in [6, 6.07) is 18.5. The third-order valence-corrected chi connectivity index (χ3v) is 4.92. The summed E-state index contributed by atoms with van der Waals surface area (Å²) in [4.78, 5) is 15.8. The van der Waals surface area contributed by atoms with Gasteiger partial charge in [-0.1, -0.05) is 17.3 Å². The fourth-order valence-corrected chi connectivity index (χ4v) is 3.31. The summed E-state index contributed by atoms with van der Waals surface area (Å²) in [7, 11) is 0. The second-order valence-electron chi connectivity index (χ2n) is 7.10. The van der Waals surface area contributed by atoms with Crippen LogP contribution in [0.1, 0.15) is 10.4 Å². The van der Waals surface area contributed by atoms with E-state index in [1.54, 1.807) is 42.6 Å². The second kappa shape index (κ2) is 8.12. The molecule has 2 heterocycles. The first-order valence-electron chi connectivity index (χ1n) is 9.77. The smallest absolute Gasteiger partial charge is 0.335 e. The highest BCUT2D eigenvalue weighted by Gasteiger charge is 2.12. The van der Waals surface area contributed by atoms with E-state index in [0.717, 1.165) is 17.5 Å². The summed E-state index contributed by atoms with van der Waals surface area (Å²) in [6.07, 6.45) is 1.57. The molecular weight excluding hydrogens is 430 g/mol. The largest absolute Gasteiger partial charge is 0.478 e. The number of halogens is 2. The zero-order valence-corrected chi connectivity index (χ0v) is 16.8.